The van der Waals surface area contributed by atoms with Crippen LogP contribution in [0.25, 0.3) is 0 Å². The van der Waals surface area contributed by atoms with Crippen LogP contribution in [0.1, 0.15) is 48.6 Å². The highest BCUT2D eigenvalue weighted by Gasteiger charge is 1.97. The monoisotopic (exact) mass is 396 g/mol. The lowest BCUT2D eigenvalue weighted by Crippen LogP contribution is -1.92. The molecule has 30 heavy (non-hydrogen) atoms. The van der Waals surface area contributed by atoms with Crippen molar-refractivity contribution in [2.45, 2.75) is 39.0 Å². The van der Waals surface area contributed by atoms with E-state index in [1.54, 1.807) is 6.21 Å². The number of allylic oxidation sites excluding steroid dienone is 1. The zero-order chi connectivity index (χ0) is 21.0. The van der Waals surface area contributed by atoms with Gasteiger partial charge < -0.3 is 0 Å². The predicted octanol–water partition coefficient (Wildman–Crippen LogP) is 6.44. The highest BCUT2D eigenvalue weighted by atomic mass is 15.1. The van der Waals surface area contributed by atoms with Crippen molar-refractivity contribution in [3.05, 3.63) is 95.7 Å². The first-order valence-electron chi connectivity index (χ1n) is 10.5. The van der Waals surface area contributed by atoms with E-state index in [1.165, 1.54) is 18.4 Å². The van der Waals surface area contributed by atoms with E-state index in [1.807, 2.05) is 60.8 Å². The fourth-order valence-corrected chi connectivity index (χ4v) is 2.95. The highest BCUT2D eigenvalue weighted by Crippen LogP contribution is 2.14. The molecule has 0 aliphatic carbocycles. The van der Waals surface area contributed by atoms with Gasteiger partial charge in [-0.2, -0.15) is 5.10 Å². The molecule has 0 spiro atoms. The van der Waals surface area contributed by atoms with Gasteiger partial charge in [0.05, 0.1) is 11.4 Å². The Bertz CT molecular complexity index is 969. The zero-order valence-electron chi connectivity index (χ0n) is 17.5. The molecule has 3 aromatic rings. The highest BCUT2D eigenvalue weighted by molar-refractivity contribution is 5.86. The van der Waals surface area contributed by atoms with Gasteiger partial charge in [0.25, 0.3) is 0 Å². The lowest BCUT2D eigenvalue weighted by molar-refractivity contribution is 0.699. The minimum Gasteiger partial charge on any atom is -0.256 e. The van der Waals surface area contributed by atoms with E-state index >= 15 is 0 Å². The normalized spacial score (nSPS) is 11.4. The van der Waals surface area contributed by atoms with Crippen LogP contribution in [0.2, 0.25) is 0 Å². The molecule has 3 rings (SSSR count). The molecule has 0 amide bonds. The maximum absolute atomic E-state index is 4.53. The average molecular weight is 397 g/mol. The van der Waals surface area contributed by atoms with Gasteiger partial charge in [0.15, 0.2) is 5.82 Å². The number of nitrogens with zero attached hydrogens (tertiary/aromatic N) is 4. The number of aromatic nitrogens is 2. The van der Waals surface area contributed by atoms with E-state index < -0.39 is 0 Å². The summed E-state index contributed by atoms with van der Waals surface area (Å²) in [5.41, 5.74) is 5.25. The van der Waals surface area contributed by atoms with Gasteiger partial charge in [-0.3, -0.25) is 4.99 Å². The van der Waals surface area contributed by atoms with Gasteiger partial charge in [-0.05, 0) is 60.2 Å². The second-order valence-electron chi connectivity index (χ2n) is 7.18. The van der Waals surface area contributed by atoms with Crippen molar-refractivity contribution >= 4 is 23.9 Å². The van der Waals surface area contributed by atoms with Crippen LogP contribution in [-0.4, -0.2) is 22.6 Å². The van der Waals surface area contributed by atoms with E-state index in [2.05, 4.69) is 45.8 Å². The average Bonchev–Trinajstić information content (AvgIpc) is 2.79. The van der Waals surface area contributed by atoms with Gasteiger partial charge in [-0.1, -0.05) is 62.2 Å². The van der Waals surface area contributed by atoms with Crippen molar-refractivity contribution in [2.24, 2.45) is 9.98 Å². The Kier molecular flexibility index (Phi) is 8.22. The number of hydrogen-bond acceptors (Lipinski definition) is 4. The molecule has 0 saturated heterocycles. The standard InChI is InChI=1S/C26H28N4/c1-3-5-6-8-25-17-18-26(30-29-25)28-20-23-11-9-22(10-12-23)19-27-24-15-13-21(7-4-2)14-16-24/h4,9-20H,2-3,5-8H2,1H3. The predicted molar refractivity (Wildman–Crippen MR) is 127 cm³/mol. The van der Waals surface area contributed by atoms with Crippen LogP contribution < -0.4 is 0 Å². The summed E-state index contributed by atoms with van der Waals surface area (Å²) < 4.78 is 0. The van der Waals surface area contributed by atoms with E-state index in [4.69, 9.17) is 0 Å². The molecule has 1 aromatic heterocycles. The fraction of sp³-hybridized carbons (Fsp3) is 0.231. The van der Waals surface area contributed by atoms with E-state index in [0.717, 1.165) is 41.8 Å². The summed E-state index contributed by atoms with van der Waals surface area (Å²) in [7, 11) is 0. The molecule has 0 bridgehead atoms. The van der Waals surface area contributed by atoms with Crippen LogP contribution in [0.4, 0.5) is 11.5 Å². The van der Waals surface area contributed by atoms with Crippen LogP contribution >= 0.6 is 0 Å². The van der Waals surface area contributed by atoms with Crippen molar-refractivity contribution in [1.82, 2.24) is 10.2 Å². The number of unbranched alkanes of at least 4 members (excludes halogenated alkanes) is 2. The van der Waals surface area contributed by atoms with Crippen molar-refractivity contribution < 1.29 is 0 Å². The molecule has 0 fully saturated rings. The summed E-state index contributed by atoms with van der Waals surface area (Å²) in [5, 5.41) is 8.46. The summed E-state index contributed by atoms with van der Waals surface area (Å²) in [6.07, 6.45) is 11.0. The third-order valence-electron chi connectivity index (χ3n) is 4.70. The quantitative estimate of drug-likeness (QED) is 0.225. The van der Waals surface area contributed by atoms with E-state index in [9.17, 15) is 0 Å². The largest absolute Gasteiger partial charge is 0.256 e. The van der Waals surface area contributed by atoms with Gasteiger partial charge >= 0.3 is 0 Å². The van der Waals surface area contributed by atoms with Crippen molar-refractivity contribution in [3.8, 4) is 0 Å². The molecule has 0 radical (unpaired) electrons. The summed E-state index contributed by atoms with van der Waals surface area (Å²) >= 11 is 0. The van der Waals surface area contributed by atoms with Gasteiger partial charge in [-0.15, -0.1) is 11.7 Å². The van der Waals surface area contributed by atoms with Gasteiger partial charge in [-0.25, -0.2) is 4.99 Å². The molecular formula is C26H28N4. The first-order valence-corrected chi connectivity index (χ1v) is 10.5. The number of aliphatic imine (C=N–C) groups is 2. The van der Waals surface area contributed by atoms with Crippen LogP contribution in [0, 0.1) is 0 Å². The molecule has 1 heterocycles. The summed E-state index contributed by atoms with van der Waals surface area (Å²) in [6, 6.07) is 20.2. The Morgan fingerprint density at radius 3 is 2.10 bits per heavy atom. The summed E-state index contributed by atoms with van der Waals surface area (Å²) in [4.78, 5) is 8.95. The van der Waals surface area contributed by atoms with Crippen LogP contribution in [0.3, 0.4) is 0 Å². The third-order valence-corrected chi connectivity index (χ3v) is 4.70. The fourth-order valence-electron chi connectivity index (χ4n) is 2.95. The first-order chi connectivity index (χ1) is 14.8. The molecular weight excluding hydrogens is 368 g/mol. The van der Waals surface area contributed by atoms with Crippen LogP contribution in [0.15, 0.2) is 83.3 Å². The van der Waals surface area contributed by atoms with Crippen molar-refractivity contribution in [2.75, 3.05) is 0 Å². The maximum atomic E-state index is 4.53. The molecule has 0 atom stereocenters. The summed E-state index contributed by atoms with van der Waals surface area (Å²) in [6.45, 7) is 5.96. The number of hydrogen-bond donors (Lipinski definition) is 0. The molecule has 0 aliphatic heterocycles. The lowest BCUT2D eigenvalue weighted by Gasteiger charge is -1.99. The Morgan fingerprint density at radius 2 is 1.50 bits per heavy atom. The molecule has 4 heteroatoms. The summed E-state index contributed by atoms with van der Waals surface area (Å²) in [5.74, 6) is 0.625. The molecule has 0 aliphatic rings. The molecule has 0 N–H and O–H groups in total. The third kappa shape index (κ3) is 6.89. The van der Waals surface area contributed by atoms with E-state index in [0.29, 0.717) is 5.82 Å². The smallest absolute Gasteiger partial charge is 0.174 e. The number of benzene rings is 2. The minimum atomic E-state index is 0.625. The Balaban J connectivity index is 1.55. The SMILES string of the molecule is C=CCc1ccc(N=Cc2ccc(C=Nc3ccc(CCCCC)nn3)cc2)cc1. The van der Waals surface area contributed by atoms with Crippen LogP contribution in [0.5, 0.6) is 0 Å². The Hall–Kier alpha value is -3.40. The Morgan fingerprint density at radius 1 is 0.800 bits per heavy atom. The molecule has 2 aromatic carbocycles. The maximum Gasteiger partial charge on any atom is 0.174 e. The minimum absolute atomic E-state index is 0.625. The lowest BCUT2D eigenvalue weighted by atomic mass is 10.1. The molecule has 0 saturated carbocycles. The number of aryl methyl sites for hydroxylation is 1. The molecule has 0 unspecified atom stereocenters. The van der Waals surface area contributed by atoms with Gasteiger partial charge in [0.1, 0.15) is 0 Å². The van der Waals surface area contributed by atoms with E-state index in [-0.39, 0.29) is 0 Å². The molecule has 4 nitrogen and oxygen atoms in total. The first kappa shape index (κ1) is 21.3. The molecule has 152 valence electrons. The van der Waals surface area contributed by atoms with Gasteiger partial charge in [0, 0.05) is 12.4 Å². The van der Waals surface area contributed by atoms with Crippen molar-refractivity contribution in [3.63, 3.8) is 0 Å². The second kappa shape index (κ2) is 11.6. The Labute approximate surface area is 179 Å². The topological polar surface area (TPSA) is 50.5 Å². The number of rotatable bonds is 10. The second-order valence-corrected chi connectivity index (χ2v) is 7.18. The van der Waals surface area contributed by atoms with Crippen molar-refractivity contribution in [1.29, 1.82) is 0 Å². The van der Waals surface area contributed by atoms with Crippen LogP contribution in [-0.2, 0) is 12.8 Å². The zero-order valence-corrected chi connectivity index (χ0v) is 17.5. The van der Waals surface area contributed by atoms with Gasteiger partial charge in [0.2, 0.25) is 0 Å².